The first-order valence-electron chi connectivity index (χ1n) is 7.38. The van der Waals surface area contributed by atoms with Crippen LogP contribution in [-0.2, 0) is 6.54 Å². The molecular weight excluding hydrogens is 256 g/mol. The Morgan fingerprint density at radius 1 is 1.30 bits per heavy atom. The fraction of sp³-hybridized carbons (Fsp3) is 0.600. The van der Waals surface area contributed by atoms with E-state index in [1.54, 1.807) is 12.1 Å². The zero-order valence-electron chi connectivity index (χ0n) is 12.6. The first-order valence-corrected chi connectivity index (χ1v) is 7.38. The zero-order chi connectivity index (χ0) is 15.1. The molecule has 1 rings (SSSR count). The van der Waals surface area contributed by atoms with Crippen molar-refractivity contribution in [2.75, 3.05) is 6.54 Å². The Morgan fingerprint density at radius 2 is 2.00 bits per heavy atom. The van der Waals surface area contributed by atoms with Gasteiger partial charge in [-0.3, -0.25) is 4.90 Å². The average Bonchev–Trinajstić information content (AvgIpc) is 2.43. The third-order valence-electron chi connectivity index (χ3n) is 3.76. The molecule has 0 radical (unpaired) electrons. The van der Waals surface area contributed by atoms with Crippen molar-refractivity contribution < 1.29 is 14.4 Å². The first-order chi connectivity index (χ1) is 9.49. The summed E-state index contributed by atoms with van der Waals surface area (Å²) in [6.45, 7) is 7.94. The minimum Gasteiger partial charge on any atom is -0.423 e. The molecular formula is C15H25BFNO2. The van der Waals surface area contributed by atoms with Gasteiger partial charge in [-0.1, -0.05) is 32.4 Å². The van der Waals surface area contributed by atoms with Crippen molar-refractivity contribution >= 4 is 12.6 Å². The van der Waals surface area contributed by atoms with Gasteiger partial charge in [-0.2, -0.15) is 0 Å². The number of nitrogens with zero attached hydrogens (tertiary/aromatic N) is 1. The molecule has 20 heavy (non-hydrogen) atoms. The summed E-state index contributed by atoms with van der Waals surface area (Å²) in [5.74, 6) is -0.375. The maximum atomic E-state index is 14.0. The van der Waals surface area contributed by atoms with E-state index < -0.39 is 7.12 Å². The summed E-state index contributed by atoms with van der Waals surface area (Å²) in [6, 6.07) is 4.82. The largest absolute Gasteiger partial charge is 0.488 e. The molecule has 0 amide bonds. The molecule has 0 saturated heterocycles. The second kappa shape index (κ2) is 8.40. The molecule has 0 aromatic heterocycles. The summed E-state index contributed by atoms with van der Waals surface area (Å²) >= 11 is 0. The molecule has 0 saturated carbocycles. The molecule has 1 aromatic carbocycles. The maximum Gasteiger partial charge on any atom is 0.488 e. The molecule has 1 unspecified atom stereocenters. The second-order valence-corrected chi connectivity index (χ2v) is 5.31. The lowest BCUT2D eigenvalue weighted by Gasteiger charge is -2.28. The Morgan fingerprint density at radius 3 is 2.50 bits per heavy atom. The Kier molecular flexibility index (Phi) is 7.20. The smallest absolute Gasteiger partial charge is 0.423 e. The van der Waals surface area contributed by atoms with Gasteiger partial charge in [0.2, 0.25) is 0 Å². The Hall–Kier alpha value is -0.905. The van der Waals surface area contributed by atoms with Crippen LogP contribution < -0.4 is 5.46 Å². The fourth-order valence-corrected chi connectivity index (χ4v) is 2.15. The number of rotatable bonds is 8. The van der Waals surface area contributed by atoms with E-state index >= 15 is 0 Å². The Bertz CT molecular complexity index is 415. The average molecular weight is 281 g/mol. The molecule has 1 atom stereocenters. The van der Waals surface area contributed by atoms with Gasteiger partial charge in [0.15, 0.2) is 0 Å². The van der Waals surface area contributed by atoms with Crippen LogP contribution in [-0.4, -0.2) is 34.7 Å². The van der Waals surface area contributed by atoms with Crippen molar-refractivity contribution in [1.29, 1.82) is 0 Å². The normalized spacial score (nSPS) is 12.8. The molecule has 1 aromatic rings. The van der Waals surface area contributed by atoms with E-state index in [0.29, 0.717) is 18.2 Å². The lowest BCUT2D eigenvalue weighted by Crippen LogP contribution is -2.34. The second-order valence-electron chi connectivity index (χ2n) is 5.31. The Labute approximate surface area is 121 Å². The van der Waals surface area contributed by atoms with E-state index in [1.165, 1.54) is 6.07 Å². The SMILES string of the molecule is CCCCN(Cc1ccc(B(O)O)cc1F)C(C)CC. The van der Waals surface area contributed by atoms with E-state index in [1.807, 2.05) is 0 Å². The van der Waals surface area contributed by atoms with Gasteiger partial charge in [-0.25, -0.2) is 4.39 Å². The maximum absolute atomic E-state index is 14.0. The quantitative estimate of drug-likeness (QED) is 0.715. The monoisotopic (exact) mass is 281 g/mol. The Balaban J connectivity index is 2.82. The van der Waals surface area contributed by atoms with Gasteiger partial charge in [0.1, 0.15) is 5.82 Å². The summed E-state index contributed by atoms with van der Waals surface area (Å²) < 4.78 is 14.0. The van der Waals surface area contributed by atoms with Crippen LogP contribution in [0, 0.1) is 5.82 Å². The van der Waals surface area contributed by atoms with Crippen molar-refractivity contribution in [2.45, 2.75) is 52.6 Å². The van der Waals surface area contributed by atoms with Gasteiger partial charge >= 0.3 is 7.12 Å². The molecule has 3 nitrogen and oxygen atoms in total. The highest BCUT2D eigenvalue weighted by atomic mass is 19.1. The summed E-state index contributed by atoms with van der Waals surface area (Å²) in [5, 5.41) is 18.1. The number of hydrogen-bond acceptors (Lipinski definition) is 3. The molecule has 0 spiro atoms. The molecule has 0 fully saturated rings. The lowest BCUT2D eigenvalue weighted by molar-refractivity contribution is 0.190. The predicted molar refractivity (Wildman–Crippen MR) is 81.3 cm³/mol. The van der Waals surface area contributed by atoms with Gasteiger partial charge in [0.05, 0.1) is 0 Å². The highest BCUT2D eigenvalue weighted by Crippen LogP contribution is 2.14. The number of hydrogen-bond donors (Lipinski definition) is 2. The molecule has 0 aliphatic heterocycles. The van der Waals surface area contributed by atoms with Gasteiger partial charge < -0.3 is 10.0 Å². The zero-order valence-corrected chi connectivity index (χ0v) is 12.6. The lowest BCUT2D eigenvalue weighted by atomic mass is 9.80. The van der Waals surface area contributed by atoms with Crippen molar-refractivity contribution in [2.24, 2.45) is 0 Å². The number of benzene rings is 1. The van der Waals surface area contributed by atoms with E-state index in [-0.39, 0.29) is 11.3 Å². The summed E-state index contributed by atoms with van der Waals surface area (Å²) in [4.78, 5) is 2.27. The van der Waals surface area contributed by atoms with Crippen LogP contribution in [0.3, 0.4) is 0 Å². The van der Waals surface area contributed by atoms with Crippen LogP contribution in [0.15, 0.2) is 18.2 Å². The fourth-order valence-electron chi connectivity index (χ4n) is 2.15. The summed E-state index contributed by atoms with van der Waals surface area (Å²) in [5.41, 5.74) is 0.792. The summed E-state index contributed by atoms with van der Waals surface area (Å²) in [7, 11) is -1.62. The van der Waals surface area contributed by atoms with Gasteiger partial charge in [-0.05, 0) is 37.8 Å². The van der Waals surface area contributed by atoms with Crippen LogP contribution >= 0.6 is 0 Å². The third kappa shape index (κ3) is 4.89. The van der Waals surface area contributed by atoms with Crippen molar-refractivity contribution in [3.63, 3.8) is 0 Å². The molecule has 2 N–H and O–H groups in total. The van der Waals surface area contributed by atoms with Crippen LogP contribution in [0.4, 0.5) is 4.39 Å². The van der Waals surface area contributed by atoms with Crippen LogP contribution in [0.1, 0.15) is 45.6 Å². The molecule has 0 aliphatic rings. The van der Waals surface area contributed by atoms with Crippen LogP contribution in [0.25, 0.3) is 0 Å². The van der Waals surface area contributed by atoms with Crippen LogP contribution in [0.2, 0.25) is 0 Å². The van der Waals surface area contributed by atoms with Gasteiger partial charge in [0.25, 0.3) is 0 Å². The minimum absolute atomic E-state index is 0.190. The molecule has 5 heteroatoms. The van der Waals surface area contributed by atoms with Crippen LogP contribution in [0.5, 0.6) is 0 Å². The minimum atomic E-state index is -1.62. The topological polar surface area (TPSA) is 43.7 Å². The van der Waals surface area contributed by atoms with E-state index in [0.717, 1.165) is 25.8 Å². The predicted octanol–water partition coefficient (Wildman–Crippen LogP) is 1.91. The van der Waals surface area contributed by atoms with Crippen molar-refractivity contribution in [1.82, 2.24) is 4.90 Å². The molecule has 0 aliphatic carbocycles. The third-order valence-corrected chi connectivity index (χ3v) is 3.76. The van der Waals surface area contributed by atoms with Crippen molar-refractivity contribution in [3.05, 3.63) is 29.6 Å². The van der Waals surface area contributed by atoms with E-state index in [9.17, 15) is 4.39 Å². The standard InChI is InChI=1S/C15H25BFNO2/c1-4-6-9-18(12(3)5-2)11-13-7-8-14(16(19)20)10-15(13)17/h7-8,10,12,19-20H,4-6,9,11H2,1-3H3. The molecule has 0 bridgehead atoms. The van der Waals surface area contributed by atoms with Gasteiger partial charge in [0, 0.05) is 18.2 Å². The number of unbranched alkanes of at least 4 members (excludes halogenated alkanes) is 1. The highest BCUT2D eigenvalue weighted by Gasteiger charge is 2.17. The number of halogens is 1. The van der Waals surface area contributed by atoms with E-state index in [2.05, 4.69) is 25.7 Å². The van der Waals surface area contributed by atoms with Crippen molar-refractivity contribution in [3.8, 4) is 0 Å². The van der Waals surface area contributed by atoms with E-state index in [4.69, 9.17) is 10.0 Å². The molecule has 112 valence electrons. The molecule has 0 heterocycles. The first kappa shape index (κ1) is 17.1. The van der Waals surface area contributed by atoms with Gasteiger partial charge in [-0.15, -0.1) is 0 Å². The highest BCUT2D eigenvalue weighted by molar-refractivity contribution is 6.58. The summed E-state index contributed by atoms with van der Waals surface area (Å²) in [6.07, 6.45) is 3.24.